The van der Waals surface area contributed by atoms with Gasteiger partial charge in [-0.2, -0.15) is 5.26 Å². The Morgan fingerprint density at radius 3 is 1.15 bits per heavy atom. The fourth-order valence-corrected chi connectivity index (χ4v) is 6.87. The molecule has 0 fully saturated rings. The van der Waals surface area contributed by atoms with Crippen molar-refractivity contribution in [2.45, 2.75) is 0 Å². The van der Waals surface area contributed by atoms with Gasteiger partial charge in [0.1, 0.15) is 0 Å². The van der Waals surface area contributed by atoms with E-state index in [4.69, 9.17) is 24.9 Å². The second-order valence-corrected chi connectivity index (χ2v) is 13.0. The Morgan fingerprint density at radius 1 is 0.352 bits per heavy atom. The summed E-state index contributed by atoms with van der Waals surface area (Å²) in [6.07, 6.45) is 7.39. The molecule has 0 saturated heterocycles. The molecule has 8 nitrogen and oxygen atoms in total. The molecule has 10 rings (SSSR count). The van der Waals surface area contributed by atoms with E-state index in [0.29, 0.717) is 23.0 Å². The van der Waals surface area contributed by atoms with Crippen LogP contribution in [0.15, 0.2) is 158 Å². The van der Waals surface area contributed by atoms with Gasteiger partial charge < -0.3 is 0 Å². The van der Waals surface area contributed by atoms with Crippen molar-refractivity contribution in [3.05, 3.63) is 164 Å². The topological polar surface area (TPSA) is 114 Å². The summed E-state index contributed by atoms with van der Waals surface area (Å²) in [6.45, 7) is 0. The van der Waals surface area contributed by atoms with E-state index in [0.717, 1.165) is 82.6 Å². The molecule has 8 heteroatoms. The zero-order valence-corrected chi connectivity index (χ0v) is 28.6. The molecule has 5 heterocycles. The summed E-state index contributed by atoms with van der Waals surface area (Å²) >= 11 is 0. The van der Waals surface area contributed by atoms with E-state index < -0.39 is 0 Å². The highest BCUT2D eigenvalue weighted by atomic mass is 15.0. The van der Waals surface area contributed by atoms with Gasteiger partial charge >= 0.3 is 0 Å². The van der Waals surface area contributed by atoms with Crippen LogP contribution < -0.4 is 0 Å². The van der Waals surface area contributed by atoms with E-state index in [1.165, 1.54) is 0 Å². The fourth-order valence-electron chi connectivity index (χ4n) is 6.87. The van der Waals surface area contributed by atoms with E-state index in [9.17, 15) is 5.26 Å². The van der Waals surface area contributed by atoms with Crippen LogP contribution in [0, 0.1) is 11.3 Å². The molecule has 54 heavy (non-hydrogen) atoms. The second kappa shape index (κ2) is 12.8. The van der Waals surface area contributed by atoms with E-state index in [2.05, 4.69) is 76.7 Å². The van der Waals surface area contributed by atoms with Crippen molar-refractivity contribution in [2.75, 3.05) is 0 Å². The third-order valence-electron chi connectivity index (χ3n) is 9.71. The number of fused-ring (bicyclic) bond motifs is 6. The summed E-state index contributed by atoms with van der Waals surface area (Å²) in [5.74, 6) is 1.61. The molecule has 0 aliphatic carbocycles. The van der Waals surface area contributed by atoms with Crippen LogP contribution in [-0.4, -0.2) is 34.9 Å². The summed E-state index contributed by atoms with van der Waals surface area (Å²) in [6, 6.07) is 46.4. The van der Waals surface area contributed by atoms with Crippen molar-refractivity contribution in [2.24, 2.45) is 0 Å². The van der Waals surface area contributed by atoms with Gasteiger partial charge in [-0.15, -0.1) is 0 Å². The molecule has 0 spiro atoms. The number of nitrogens with zero attached hydrogens (tertiary/aromatic N) is 8. The summed E-state index contributed by atoms with van der Waals surface area (Å²) < 4.78 is 0. The second-order valence-electron chi connectivity index (χ2n) is 13.0. The van der Waals surface area contributed by atoms with Gasteiger partial charge in [0.05, 0.1) is 33.7 Å². The lowest BCUT2D eigenvalue weighted by atomic mass is 10.0. The Labute approximate surface area is 309 Å². The maximum absolute atomic E-state index is 9.38. The Hall–Kier alpha value is -7.76. The SMILES string of the molecule is N#Cc1ccc(-c2nc(-c3ccc(-c4cnc5c(ccc6cccnc65)c4)cc3)nc(-c3ccc(-c4cnc5c(ccc6cccnc65)c4)cc3)n2)cc1. The average molecular weight is 691 g/mol. The Morgan fingerprint density at radius 2 is 0.722 bits per heavy atom. The number of benzene rings is 5. The highest BCUT2D eigenvalue weighted by Crippen LogP contribution is 2.32. The molecule has 250 valence electrons. The van der Waals surface area contributed by atoms with Crippen molar-refractivity contribution in [1.29, 1.82) is 5.26 Å². The number of hydrogen-bond acceptors (Lipinski definition) is 8. The maximum atomic E-state index is 9.38. The Bertz CT molecular complexity index is 2920. The first-order chi connectivity index (χ1) is 26.7. The third kappa shape index (κ3) is 5.54. The molecule has 0 bridgehead atoms. The van der Waals surface area contributed by atoms with Crippen molar-refractivity contribution < 1.29 is 0 Å². The predicted molar refractivity (Wildman–Crippen MR) is 213 cm³/mol. The molecule has 0 saturated carbocycles. The molecule has 0 radical (unpaired) electrons. The molecule has 0 aliphatic heterocycles. The Balaban J connectivity index is 1.00. The summed E-state index contributed by atoms with van der Waals surface area (Å²) in [5.41, 5.74) is 10.7. The van der Waals surface area contributed by atoms with Gasteiger partial charge in [-0.1, -0.05) is 84.9 Å². The van der Waals surface area contributed by atoms with Gasteiger partial charge in [0, 0.05) is 74.1 Å². The highest BCUT2D eigenvalue weighted by molar-refractivity contribution is 6.04. The van der Waals surface area contributed by atoms with E-state index >= 15 is 0 Å². The minimum Gasteiger partial charge on any atom is -0.254 e. The summed E-state index contributed by atoms with van der Waals surface area (Å²) in [5, 5.41) is 13.6. The van der Waals surface area contributed by atoms with Gasteiger partial charge in [0.15, 0.2) is 17.5 Å². The maximum Gasteiger partial charge on any atom is 0.164 e. The van der Waals surface area contributed by atoms with Gasteiger partial charge in [0.2, 0.25) is 0 Å². The number of pyridine rings is 4. The zero-order valence-electron chi connectivity index (χ0n) is 28.6. The molecule has 5 aromatic heterocycles. The van der Waals surface area contributed by atoms with Crippen LogP contribution in [0.2, 0.25) is 0 Å². The monoisotopic (exact) mass is 690 g/mol. The normalized spacial score (nSPS) is 11.3. The molecule has 0 atom stereocenters. The largest absolute Gasteiger partial charge is 0.254 e. The number of hydrogen-bond donors (Lipinski definition) is 0. The summed E-state index contributed by atoms with van der Waals surface area (Å²) in [7, 11) is 0. The molecule has 10 aromatic rings. The minimum absolute atomic E-state index is 0.520. The van der Waals surface area contributed by atoms with Crippen LogP contribution in [0.4, 0.5) is 0 Å². The fraction of sp³-hybridized carbons (Fsp3) is 0. The zero-order chi connectivity index (χ0) is 36.0. The van der Waals surface area contributed by atoms with Crippen LogP contribution >= 0.6 is 0 Å². The van der Waals surface area contributed by atoms with Crippen molar-refractivity contribution >= 4 is 43.6 Å². The van der Waals surface area contributed by atoms with E-state index in [1.807, 2.05) is 73.1 Å². The van der Waals surface area contributed by atoms with Crippen LogP contribution in [0.3, 0.4) is 0 Å². The van der Waals surface area contributed by atoms with E-state index in [1.54, 1.807) is 24.5 Å². The molecular weight excluding hydrogens is 665 g/mol. The standard InChI is InChI=1S/C46H26N8/c47-25-28-5-7-33(8-6-28)44-52-45(34-15-9-29(10-16-34)38-23-36-19-13-31-3-1-21-48-40(31)42(36)50-26-38)54-46(53-44)35-17-11-30(12-18-35)39-24-37-20-14-32-4-2-22-49-41(32)43(37)51-27-39/h1-24,26-27H. The predicted octanol–water partition coefficient (Wildman–Crippen LogP) is 10.3. The number of nitriles is 1. The van der Waals surface area contributed by atoms with Crippen LogP contribution in [0.1, 0.15) is 5.56 Å². The highest BCUT2D eigenvalue weighted by Gasteiger charge is 2.14. The molecule has 0 amide bonds. The van der Waals surface area contributed by atoms with Crippen molar-refractivity contribution in [3.8, 4) is 62.5 Å². The smallest absolute Gasteiger partial charge is 0.164 e. The lowest BCUT2D eigenvalue weighted by molar-refractivity contribution is 1.07. The first-order valence-electron chi connectivity index (χ1n) is 17.4. The van der Waals surface area contributed by atoms with Crippen LogP contribution in [0.5, 0.6) is 0 Å². The minimum atomic E-state index is 0.520. The third-order valence-corrected chi connectivity index (χ3v) is 9.71. The quantitative estimate of drug-likeness (QED) is 0.164. The molecule has 0 unspecified atom stereocenters. The lowest BCUT2D eigenvalue weighted by Crippen LogP contribution is -2.00. The molecule has 0 aliphatic rings. The number of rotatable bonds is 5. The van der Waals surface area contributed by atoms with Crippen molar-refractivity contribution in [1.82, 2.24) is 34.9 Å². The molecular formula is C46H26N8. The lowest BCUT2D eigenvalue weighted by Gasteiger charge is -2.10. The molecule has 0 N–H and O–H groups in total. The average Bonchev–Trinajstić information content (AvgIpc) is 3.26. The Kier molecular flexibility index (Phi) is 7.34. The number of aromatic nitrogens is 7. The van der Waals surface area contributed by atoms with Crippen LogP contribution in [-0.2, 0) is 0 Å². The first kappa shape index (κ1) is 31.0. The first-order valence-corrected chi connectivity index (χ1v) is 17.4. The van der Waals surface area contributed by atoms with E-state index in [-0.39, 0.29) is 0 Å². The van der Waals surface area contributed by atoms with Gasteiger partial charge in [0.25, 0.3) is 0 Å². The van der Waals surface area contributed by atoms with Gasteiger partial charge in [-0.25, -0.2) is 15.0 Å². The molecule has 5 aromatic carbocycles. The van der Waals surface area contributed by atoms with Crippen LogP contribution in [0.25, 0.3) is 100 Å². The van der Waals surface area contributed by atoms with Gasteiger partial charge in [-0.05, 0) is 59.7 Å². The van der Waals surface area contributed by atoms with Crippen molar-refractivity contribution in [3.63, 3.8) is 0 Å². The van der Waals surface area contributed by atoms with Gasteiger partial charge in [-0.3, -0.25) is 19.9 Å². The summed E-state index contributed by atoms with van der Waals surface area (Å²) in [4.78, 5) is 33.5.